The third-order valence-electron chi connectivity index (χ3n) is 3.13. The molecular weight excluding hydrogens is 365 g/mol. The van der Waals surface area contributed by atoms with Gasteiger partial charge in [0.25, 0.3) is 0 Å². The second-order valence-electron chi connectivity index (χ2n) is 4.92. The molecule has 0 aliphatic carbocycles. The van der Waals surface area contributed by atoms with Crippen LogP contribution in [0, 0.1) is 0 Å². The molecule has 0 bridgehead atoms. The predicted octanol–water partition coefficient (Wildman–Crippen LogP) is 4.29. The van der Waals surface area contributed by atoms with Gasteiger partial charge in [0, 0.05) is 30.2 Å². The first kappa shape index (κ1) is 16.4. The van der Waals surface area contributed by atoms with E-state index in [9.17, 15) is 0 Å². The lowest BCUT2D eigenvalue weighted by atomic mass is 10.2. The Labute approximate surface area is 138 Å². The van der Waals surface area contributed by atoms with E-state index in [0.29, 0.717) is 21.9 Å². The fourth-order valence-electron chi connectivity index (χ4n) is 2.11. The Morgan fingerprint density at radius 2 is 2.25 bits per heavy atom. The van der Waals surface area contributed by atoms with Crippen LogP contribution in [0.3, 0.4) is 0 Å². The molecule has 3 nitrogen and oxygen atoms in total. The van der Waals surface area contributed by atoms with Crippen LogP contribution in [-0.4, -0.2) is 31.9 Å². The van der Waals surface area contributed by atoms with Crippen molar-refractivity contribution in [3.8, 4) is 5.75 Å². The van der Waals surface area contributed by atoms with E-state index in [1.165, 1.54) is 0 Å². The minimum Gasteiger partial charge on any atom is -0.488 e. The maximum absolute atomic E-state index is 6.13. The lowest BCUT2D eigenvalue weighted by Crippen LogP contribution is -2.34. The SMILES string of the molecule is CC(CNCC1CCCO1)Oc1cc(Cl)c(Br)cc1Cl. The van der Waals surface area contributed by atoms with Gasteiger partial charge in [-0.15, -0.1) is 0 Å². The first-order valence-corrected chi connectivity index (χ1v) is 8.24. The van der Waals surface area contributed by atoms with Crippen molar-refractivity contribution in [1.82, 2.24) is 5.32 Å². The Balaban J connectivity index is 1.78. The number of hydrogen-bond donors (Lipinski definition) is 1. The molecule has 1 aliphatic heterocycles. The van der Waals surface area contributed by atoms with Gasteiger partial charge in [-0.05, 0) is 41.8 Å². The summed E-state index contributed by atoms with van der Waals surface area (Å²) in [7, 11) is 0. The molecule has 0 amide bonds. The van der Waals surface area contributed by atoms with Crippen molar-refractivity contribution in [2.45, 2.75) is 32.0 Å². The molecule has 2 atom stereocenters. The molecule has 0 aromatic heterocycles. The summed E-state index contributed by atoms with van der Waals surface area (Å²) in [6.45, 7) is 4.48. The van der Waals surface area contributed by atoms with E-state index in [1.807, 2.05) is 6.92 Å². The number of nitrogens with one attached hydrogen (secondary N) is 1. The molecule has 1 saturated heterocycles. The smallest absolute Gasteiger partial charge is 0.139 e. The summed E-state index contributed by atoms with van der Waals surface area (Å²) in [6.07, 6.45) is 2.64. The molecule has 6 heteroatoms. The molecule has 1 aliphatic rings. The average molecular weight is 383 g/mol. The van der Waals surface area contributed by atoms with Crippen molar-refractivity contribution in [1.29, 1.82) is 0 Å². The molecule has 1 aromatic rings. The van der Waals surface area contributed by atoms with Crippen LogP contribution in [-0.2, 0) is 4.74 Å². The van der Waals surface area contributed by atoms with Gasteiger partial charge in [-0.3, -0.25) is 0 Å². The van der Waals surface area contributed by atoms with Crippen LogP contribution < -0.4 is 10.1 Å². The van der Waals surface area contributed by atoms with Crippen molar-refractivity contribution in [3.63, 3.8) is 0 Å². The lowest BCUT2D eigenvalue weighted by Gasteiger charge is -2.18. The van der Waals surface area contributed by atoms with Gasteiger partial charge in [0.05, 0.1) is 16.1 Å². The molecule has 2 rings (SSSR count). The molecule has 20 heavy (non-hydrogen) atoms. The van der Waals surface area contributed by atoms with E-state index < -0.39 is 0 Å². The van der Waals surface area contributed by atoms with Gasteiger partial charge in [0.2, 0.25) is 0 Å². The Hall–Kier alpha value is -0.0000000000000000555. The highest BCUT2D eigenvalue weighted by atomic mass is 79.9. The fourth-order valence-corrected chi connectivity index (χ4v) is 2.94. The van der Waals surface area contributed by atoms with Crippen molar-refractivity contribution in [2.75, 3.05) is 19.7 Å². The molecule has 1 heterocycles. The molecule has 1 aromatic carbocycles. The first-order chi connectivity index (χ1) is 9.56. The van der Waals surface area contributed by atoms with Gasteiger partial charge in [-0.25, -0.2) is 0 Å². The normalized spacial score (nSPS) is 20.1. The molecule has 2 unspecified atom stereocenters. The van der Waals surface area contributed by atoms with Crippen LogP contribution in [0.1, 0.15) is 19.8 Å². The number of ether oxygens (including phenoxy) is 2. The van der Waals surface area contributed by atoms with Crippen LogP contribution in [0.5, 0.6) is 5.75 Å². The Kier molecular flexibility index (Phi) is 6.43. The predicted molar refractivity (Wildman–Crippen MR) is 86.1 cm³/mol. The molecule has 0 radical (unpaired) electrons. The van der Waals surface area contributed by atoms with Gasteiger partial charge in [-0.1, -0.05) is 23.2 Å². The van der Waals surface area contributed by atoms with E-state index in [2.05, 4.69) is 21.2 Å². The highest BCUT2D eigenvalue weighted by molar-refractivity contribution is 9.10. The number of halogens is 3. The summed E-state index contributed by atoms with van der Waals surface area (Å²) in [5, 5.41) is 4.49. The van der Waals surface area contributed by atoms with Crippen molar-refractivity contribution in [2.24, 2.45) is 0 Å². The largest absolute Gasteiger partial charge is 0.488 e. The van der Waals surface area contributed by atoms with E-state index >= 15 is 0 Å². The summed E-state index contributed by atoms with van der Waals surface area (Å²) >= 11 is 15.5. The van der Waals surface area contributed by atoms with Gasteiger partial charge < -0.3 is 14.8 Å². The van der Waals surface area contributed by atoms with Crippen LogP contribution in [0.4, 0.5) is 0 Å². The number of hydrogen-bond acceptors (Lipinski definition) is 3. The second-order valence-corrected chi connectivity index (χ2v) is 6.59. The highest BCUT2D eigenvalue weighted by Crippen LogP contribution is 2.34. The van der Waals surface area contributed by atoms with E-state index in [1.54, 1.807) is 12.1 Å². The Bertz CT molecular complexity index is 453. The van der Waals surface area contributed by atoms with E-state index in [-0.39, 0.29) is 6.10 Å². The summed E-state index contributed by atoms with van der Waals surface area (Å²) in [4.78, 5) is 0. The zero-order valence-electron chi connectivity index (χ0n) is 11.3. The van der Waals surface area contributed by atoms with Crippen LogP contribution >= 0.6 is 39.1 Å². The van der Waals surface area contributed by atoms with Gasteiger partial charge >= 0.3 is 0 Å². The number of benzene rings is 1. The molecule has 1 fully saturated rings. The van der Waals surface area contributed by atoms with Crippen LogP contribution in [0.15, 0.2) is 16.6 Å². The molecule has 112 valence electrons. The van der Waals surface area contributed by atoms with Gasteiger partial charge in [0.15, 0.2) is 0 Å². The lowest BCUT2D eigenvalue weighted by molar-refractivity contribution is 0.106. The molecule has 0 saturated carbocycles. The van der Waals surface area contributed by atoms with Crippen molar-refractivity contribution < 1.29 is 9.47 Å². The zero-order chi connectivity index (χ0) is 14.5. The summed E-state index contributed by atoms with van der Waals surface area (Å²) in [6, 6.07) is 3.47. The van der Waals surface area contributed by atoms with Crippen LogP contribution in [0.2, 0.25) is 10.0 Å². The van der Waals surface area contributed by atoms with Crippen LogP contribution in [0.25, 0.3) is 0 Å². The minimum atomic E-state index is 0.00569. The van der Waals surface area contributed by atoms with Crippen molar-refractivity contribution >= 4 is 39.1 Å². The topological polar surface area (TPSA) is 30.5 Å². The standard InChI is InChI=1S/C14H18BrCl2NO2/c1-9(7-18-8-10-3-2-4-19-10)20-14-6-12(16)11(15)5-13(14)17/h5-6,9-10,18H,2-4,7-8H2,1H3. The fraction of sp³-hybridized carbons (Fsp3) is 0.571. The number of rotatable bonds is 6. The third kappa shape index (κ3) is 4.78. The summed E-state index contributed by atoms with van der Waals surface area (Å²) < 4.78 is 12.1. The van der Waals surface area contributed by atoms with Gasteiger partial charge in [-0.2, -0.15) is 0 Å². The maximum Gasteiger partial charge on any atom is 0.139 e. The van der Waals surface area contributed by atoms with E-state index in [4.69, 9.17) is 32.7 Å². The van der Waals surface area contributed by atoms with Crippen molar-refractivity contribution in [3.05, 3.63) is 26.7 Å². The average Bonchev–Trinajstić information content (AvgIpc) is 2.89. The first-order valence-electron chi connectivity index (χ1n) is 6.70. The zero-order valence-corrected chi connectivity index (χ0v) is 14.4. The Morgan fingerprint density at radius 3 is 2.95 bits per heavy atom. The van der Waals surface area contributed by atoms with E-state index in [0.717, 1.165) is 37.0 Å². The Morgan fingerprint density at radius 1 is 1.45 bits per heavy atom. The molecule has 0 spiro atoms. The molecular formula is C14H18BrCl2NO2. The minimum absolute atomic E-state index is 0.00569. The third-order valence-corrected chi connectivity index (χ3v) is 4.62. The highest BCUT2D eigenvalue weighted by Gasteiger charge is 2.16. The van der Waals surface area contributed by atoms with Gasteiger partial charge in [0.1, 0.15) is 11.9 Å². The summed E-state index contributed by atoms with van der Waals surface area (Å²) in [5.41, 5.74) is 0. The maximum atomic E-state index is 6.13. The molecule has 1 N–H and O–H groups in total. The monoisotopic (exact) mass is 381 g/mol. The summed E-state index contributed by atoms with van der Waals surface area (Å²) in [5.74, 6) is 0.603. The quantitative estimate of drug-likeness (QED) is 0.744. The second kappa shape index (κ2) is 7.85.